The van der Waals surface area contributed by atoms with Gasteiger partial charge in [-0.2, -0.15) is 0 Å². The third kappa shape index (κ3) is 3.69. The van der Waals surface area contributed by atoms with Gasteiger partial charge in [0, 0.05) is 11.6 Å². The van der Waals surface area contributed by atoms with Crippen LogP contribution in [0.1, 0.15) is 10.4 Å². The van der Waals surface area contributed by atoms with Gasteiger partial charge in [-0.3, -0.25) is 0 Å². The second kappa shape index (κ2) is 6.58. The van der Waals surface area contributed by atoms with Gasteiger partial charge in [-0.05, 0) is 28.1 Å². The number of rotatable bonds is 6. The van der Waals surface area contributed by atoms with Crippen LogP contribution in [0.25, 0.3) is 0 Å². The number of aromatic carboxylic acids is 1. The first-order valence-corrected chi connectivity index (χ1v) is 5.77. The van der Waals surface area contributed by atoms with Crippen molar-refractivity contribution in [1.29, 1.82) is 0 Å². The fourth-order valence-corrected chi connectivity index (χ4v) is 1.96. The Hall–Kier alpha value is -1.11. The number of hydrogen-bond acceptors (Lipinski definition) is 4. The van der Waals surface area contributed by atoms with Crippen LogP contribution < -0.4 is 5.32 Å². The molecule has 6 heteroatoms. The zero-order chi connectivity index (χ0) is 12.8. The molecular formula is C11H14BrNO4. The maximum atomic E-state index is 11.1. The summed E-state index contributed by atoms with van der Waals surface area (Å²) in [5.41, 5.74) is 0.588. The van der Waals surface area contributed by atoms with Gasteiger partial charge >= 0.3 is 5.97 Å². The second-order valence-corrected chi connectivity index (χ2v) is 4.30. The van der Waals surface area contributed by atoms with Crippen molar-refractivity contribution in [2.24, 2.45) is 0 Å². The van der Waals surface area contributed by atoms with Crippen LogP contribution in [0.15, 0.2) is 22.7 Å². The summed E-state index contributed by atoms with van der Waals surface area (Å²) in [6, 6.07) is 4.68. The van der Waals surface area contributed by atoms with Gasteiger partial charge in [0.25, 0.3) is 0 Å². The van der Waals surface area contributed by atoms with E-state index in [2.05, 4.69) is 21.2 Å². The third-order valence-corrected chi connectivity index (χ3v) is 2.84. The highest BCUT2D eigenvalue weighted by Crippen LogP contribution is 2.25. The van der Waals surface area contributed by atoms with Crippen molar-refractivity contribution in [2.45, 2.75) is 6.04 Å². The minimum absolute atomic E-state index is 0.139. The number of nitrogens with one attached hydrogen (secondary N) is 1. The summed E-state index contributed by atoms with van der Waals surface area (Å²) in [5.74, 6) is -1.03. The monoisotopic (exact) mass is 303 g/mol. The van der Waals surface area contributed by atoms with E-state index in [9.17, 15) is 4.79 Å². The average molecular weight is 304 g/mol. The molecule has 0 amide bonds. The molecule has 0 aromatic heterocycles. The van der Waals surface area contributed by atoms with E-state index in [0.717, 1.165) is 0 Å². The number of halogens is 1. The highest BCUT2D eigenvalue weighted by molar-refractivity contribution is 9.10. The molecule has 1 aromatic carbocycles. The van der Waals surface area contributed by atoms with Crippen LogP contribution in [-0.2, 0) is 4.74 Å². The van der Waals surface area contributed by atoms with Crippen LogP contribution in [0, 0.1) is 0 Å². The van der Waals surface area contributed by atoms with E-state index in [1.807, 2.05) is 0 Å². The number of hydrogen-bond donors (Lipinski definition) is 3. The van der Waals surface area contributed by atoms with Gasteiger partial charge in [0.1, 0.15) is 0 Å². The molecule has 1 atom stereocenters. The molecule has 0 saturated heterocycles. The molecule has 1 unspecified atom stereocenters. The quantitative estimate of drug-likeness (QED) is 0.743. The number of carboxylic acid groups (broad SMARTS) is 1. The second-order valence-electron chi connectivity index (χ2n) is 3.45. The van der Waals surface area contributed by atoms with Crippen molar-refractivity contribution < 1.29 is 19.7 Å². The first-order chi connectivity index (χ1) is 8.10. The van der Waals surface area contributed by atoms with Crippen molar-refractivity contribution in [3.05, 3.63) is 28.2 Å². The summed E-state index contributed by atoms with van der Waals surface area (Å²) in [6.07, 6.45) is 0. The molecule has 1 aromatic rings. The highest BCUT2D eigenvalue weighted by atomic mass is 79.9. The summed E-state index contributed by atoms with van der Waals surface area (Å²) >= 11 is 3.18. The number of carbonyl (C=O) groups is 1. The molecule has 0 bridgehead atoms. The molecule has 0 fully saturated rings. The largest absolute Gasteiger partial charge is 0.478 e. The zero-order valence-corrected chi connectivity index (χ0v) is 10.9. The van der Waals surface area contributed by atoms with Crippen LogP contribution >= 0.6 is 15.9 Å². The summed E-state index contributed by atoms with van der Waals surface area (Å²) in [7, 11) is 1.52. The number of carboxylic acids is 1. The van der Waals surface area contributed by atoms with E-state index in [1.165, 1.54) is 7.11 Å². The van der Waals surface area contributed by atoms with Gasteiger partial charge in [0.2, 0.25) is 0 Å². The average Bonchev–Trinajstić information content (AvgIpc) is 2.28. The van der Waals surface area contributed by atoms with Gasteiger partial charge in [0.15, 0.2) is 0 Å². The Balaban J connectivity index is 2.97. The molecule has 5 nitrogen and oxygen atoms in total. The number of benzene rings is 1. The molecule has 0 aliphatic heterocycles. The number of ether oxygens (including phenoxy) is 1. The Morgan fingerprint density at radius 3 is 2.82 bits per heavy atom. The van der Waals surface area contributed by atoms with Gasteiger partial charge in [-0.1, -0.05) is 6.07 Å². The lowest BCUT2D eigenvalue weighted by atomic mass is 10.1. The SMILES string of the molecule is COCC(CO)Nc1cccc(Br)c1C(=O)O. The van der Waals surface area contributed by atoms with Crippen LogP contribution in [0.5, 0.6) is 0 Å². The maximum absolute atomic E-state index is 11.1. The van der Waals surface area contributed by atoms with Crippen molar-refractivity contribution >= 4 is 27.6 Å². The molecule has 0 spiro atoms. The minimum Gasteiger partial charge on any atom is -0.478 e. The molecule has 17 heavy (non-hydrogen) atoms. The molecule has 0 saturated carbocycles. The Morgan fingerprint density at radius 2 is 2.29 bits per heavy atom. The normalized spacial score (nSPS) is 12.2. The van der Waals surface area contributed by atoms with Crippen molar-refractivity contribution in [1.82, 2.24) is 0 Å². The fourth-order valence-electron chi connectivity index (χ4n) is 1.42. The highest BCUT2D eigenvalue weighted by Gasteiger charge is 2.16. The molecule has 0 aliphatic rings. The predicted octanol–water partition coefficient (Wildman–Crippen LogP) is 1.57. The first-order valence-electron chi connectivity index (χ1n) is 4.98. The van der Waals surface area contributed by atoms with E-state index in [4.69, 9.17) is 14.9 Å². The number of aliphatic hydroxyl groups excluding tert-OH is 1. The van der Waals surface area contributed by atoms with Gasteiger partial charge < -0.3 is 20.3 Å². The zero-order valence-electron chi connectivity index (χ0n) is 9.31. The van der Waals surface area contributed by atoms with Crippen molar-refractivity contribution in [3.8, 4) is 0 Å². The van der Waals surface area contributed by atoms with Crippen molar-refractivity contribution in [2.75, 3.05) is 25.6 Å². The summed E-state index contributed by atoms with van der Waals surface area (Å²) < 4.78 is 5.41. The molecular weight excluding hydrogens is 290 g/mol. The van der Waals surface area contributed by atoms with E-state index >= 15 is 0 Å². The topological polar surface area (TPSA) is 78.8 Å². The lowest BCUT2D eigenvalue weighted by molar-refractivity contribution is 0.0696. The number of aliphatic hydroxyl groups is 1. The summed E-state index contributed by atoms with van der Waals surface area (Å²) in [5, 5.41) is 21.1. The van der Waals surface area contributed by atoms with E-state index < -0.39 is 5.97 Å². The molecule has 3 N–H and O–H groups in total. The number of methoxy groups -OCH3 is 1. The fraction of sp³-hybridized carbons (Fsp3) is 0.364. The van der Waals surface area contributed by atoms with E-state index in [-0.39, 0.29) is 18.2 Å². The smallest absolute Gasteiger partial charge is 0.338 e. The van der Waals surface area contributed by atoms with Crippen LogP contribution in [0.2, 0.25) is 0 Å². The third-order valence-electron chi connectivity index (χ3n) is 2.18. The number of anilines is 1. The van der Waals surface area contributed by atoms with Crippen LogP contribution in [0.3, 0.4) is 0 Å². The molecule has 0 heterocycles. The van der Waals surface area contributed by atoms with Gasteiger partial charge in [0.05, 0.1) is 30.5 Å². The van der Waals surface area contributed by atoms with E-state index in [0.29, 0.717) is 16.8 Å². The predicted molar refractivity (Wildman–Crippen MR) is 67.5 cm³/mol. The standard InChI is InChI=1S/C11H14BrNO4/c1-17-6-7(5-14)13-9-4-2-3-8(12)10(9)11(15)16/h2-4,7,13-14H,5-6H2,1H3,(H,15,16). The Morgan fingerprint density at radius 1 is 1.59 bits per heavy atom. The lowest BCUT2D eigenvalue weighted by Crippen LogP contribution is -2.29. The minimum atomic E-state index is -1.03. The molecule has 0 aliphatic carbocycles. The van der Waals surface area contributed by atoms with E-state index in [1.54, 1.807) is 18.2 Å². The van der Waals surface area contributed by atoms with Crippen LogP contribution in [-0.4, -0.2) is 42.5 Å². The van der Waals surface area contributed by atoms with Crippen molar-refractivity contribution in [3.63, 3.8) is 0 Å². The molecule has 1 rings (SSSR count). The van der Waals surface area contributed by atoms with Gasteiger partial charge in [-0.25, -0.2) is 4.79 Å². The molecule has 94 valence electrons. The summed E-state index contributed by atoms with van der Waals surface area (Å²) in [6.45, 7) is 0.154. The van der Waals surface area contributed by atoms with Crippen LogP contribution in [0.4, 0.5) is 5.69 Å². The summed E-state index contributed by atoms with van der Waals surface area (Å²) in [4.78, 5) is 11.1. The Labute approximate surface area is 108 Å². The first kappa shape index (κ1) is 14.0. The lowest BCUT2D eigenvalue weighted by Gasteiger charge is -2.18. The Kier molecular flexibility index (Phi) is 5.40. The maximum Gasteiger partial charge on any atom is 0.338 e. The molecule has 0 radical (unpaired) electrons. The Bertz CT molecular complexity index is 397. The van der Waals surface area contributed by atoms with Gasteiger partial charge in [-0.15, -0.1) is 0 Å².